The van der Waals surface area contributed by atoms with E-state index < -0.39 is 6.67 Å². The molecule has 0 saturated carbocycles. The summed E-state index contributed by atoms with van der Waals surface area (Å²) in [6, 6.07) is 1.83. The lowest BCUT2D eigenvalue weighted by Crippen LogP contribution is -2.05. The molecule has 0 unspecified atom stereocenters. The molecule has 1 heterocycles. The maximum Gasteiger partial charge on any atom is 0.160 e. The quantitative estimate of drug-likeness (QED) is 0.774. The Morgan fingerprint density at radius 1 is 1.62 bits per heavy atom. The summed E-state index contributed by atoms with van der Waals surface area (Å²) in [5.74, 6) is 0.638. The Kier molecular flexibility index (Phi) is 3.49. The van der Waals surface area contributed by atoms with E-state index >= 15 is 0 Å². The molecule has 72 valence electrons. The van der Waals surface area contributed by atoms with Crippen LogP contribution in [0, 0.1) is 6.92 Å². The van der Waals surface area contributed by atoms with Crippen LogP contribution in [0.5, 0.6) is 5.75 Å². The third-order valence-corrected chi connectivity index (χ3v) is 1.63. The van der Waals surface area contributed by atoms with E-state index in [2.05, 4.69) is 10.3 Å². The van der Waals surface area contributed by atoms with Crippen LogP contribution < -0.4 is 10.1 Å². The molecule has 13 heavy (non-hydrogen) atoms. The van der Waals surface area contributed by atoms with Gasteiger partial charge in [-0.3, -0.25) is 4.98 Å². The first kappa shape index (κ1) is 9.77. The van der Waals surface area contributed by atoms with Crippen molar-refractivity contribution in [3.8, 4) is 5.75 Å². The largest absolute Gasteiger partial charge is 0.493 e. The molecule has 0 aliphatic heterocycles. The Balaban J connectivity index is 2.81. The van der Waals surface area contributed by atoms with E-state index in [4.69, 9.17) is 4.74 Å². The molecule has 1 N–H and O–H groups in total. The second kappa shape index (κ2) is 4.64. The second-order valence-corrected chi connectivity index (χ2v) is 2.64. The Hall–Kier alpha value is -1.32. The molecule has 0 aromatic carbocycles. The summed E-state index contributed by atoms with van der Waals surface area (Å²) in [5, 5.41) is 2.91. The number of nitrogens with one attached hydrogen (secondary N) is 1. The second-order valence-electron chi connectivity index (χ2n) is 2.64. The van der Waals surface area contributed by atoms with Gasteiger partial charge in [-0.15, -0.1) is 0 Å². The molecule has 0 atom stereocenters. The fourth-order valence-corrected chi connectivity index (χ4v) is 1.03. The molecule has 0 fully saturated rings. The van der Waals surface area contributed by atoms with Gasteiger partial charge in [0.15, 0.2) is 5.75 Å². The highest BCUT2D eigenvalue weighted by molar-refractivity contribution is 5.55. The average molecular weight is 184 g/mol. The summed E-state index contributed by atoms with van der Waals surface area (Å²) < 4.78 is 16.9. The Morgan fingerprint density at radius 2 is 2.38 bits per heavy atom. The van der Waals surface area contributed by atoms with Crippen LogP contribution >= 0.6 is 0 Å². The third kappa shape index (κ3) is 2.57. The molecule has 3 nitrogen and oxygen atoms in total. The van der Waals surface area contributed by atoms with E-state index in [9.17, 15) is 4.39 Å². The molecule has 1 aromatic heterocycles. The SMILES string of the molecule is COc1cnc(C)cc1NCCF. The van der Waals surface area contributed by atoms with Crippen molar-refractivity contribution < 1.29 is 9.13 Å². The van der Waals surface area contributed by atoms with Gasteiger partial charge in [0.2, 0.25) is 0 Å². The van der Waals surface area contributed by atoms with Crippen molar-refractivity contribution in [2.24, 2.45) is 0 Å². The van der Waals surface area contributed by atoms with Crippen molar-refractivity contribution in [3.05, 3.63) is 18.0 Å². The fraction of sp³-hybridized carbons (Fsp3) is 0.444. The van der Waals surface area contributed by atoms with E-state index in [-0.39, 0.29) is 0 Å². The molecule has 0 aliphatic rings. The summed E-state index contributed by atoms with van der Waals surface area (Å²) in [4.78, 5) is 4.06. The van der Waals surface area contributed by atoms with Crippen LogP contribution in [0.2, 0.25) is 0 Å². The highest BCUT2D eigenvalue weighted by atomic mass is 19.1. The first-order chi connectivity index (χ1) is 6.27. The number of hydrogen-bond donors (Lipinski definition) is 1. The predicted octanol–water partition coefficient (Wildman–Crippen LogP) is 1.78. The molecule has 1 aromatic rings. The fourth-order valence-electron chi connectivity index (χ4n) is 1.03. The lowest BCUT2D eigenvalue weighted by atomic mass is 10.3. The minimum absolute atomic E-state index is 0.291. The maximum atomic E-state index is 11.9. The minimum Gasteiger partial charge on any atom is -0.493 e. The van der Waals surface area contributed by atoms with Crippen molar-refractivity contribution in [1.29, 1.82) is 0 Å². The summed E-state index contributed by atoms with van der Waals surface area (Å²) in [6.07, 6.45) is 1.62. The van der Waals surface area contributed by atoms with Gasteiger partial charge in [-0.2, -0.15) is 0 Å². The maximum absolute atomic E-state index is 11.9. The molecular formula is C9H13FN2O. The van der Waals surface area contributed by atoms with Gasteiger partial charge >= 0.3 is 0 Å². The number of alkyl halides is 1. The van der Waals surface area contributed by atoms with Crippen LogP contribution in [0.3, 0.4) is 0 Å². The number of methoxy groups -OCH3 is 1. The number of halogens is 1. The molecule has 0 radical (unpaired) electrons. The van der Waals surface area contributed by atoms with Gasteiger partial charge in [0.1, 0.15) is 6.67 Å². The molecule has 0 bridgehead atoms. The molecule has 1 rings (SSSR count). The number of pyridine rings is 1. The normalized spacial score (nSPS) is 9.77. The minimum atomic E-state index is -0.398. The van der Waals surface area contributed by atoms with Crippen molar-refractivity contribution >= 4 is 5.69 Å². The van der Waals surface area contributed by atoms with E-state index in [1.807, 2.05) is 13.0 Å². The van der Waals surface area contributed by atoms with Crippen molar-refractivity contribution in [2.45, 2.75) is 6.92 Å². The number of anilines is 1. The summed E-state index contributed by atoms with van der Waals surface area (Å²) in [6.45, 7) is 1.77. The molecule has 0 saturated heterocycles. The van der Waals surface area contributed by atoms with E-state index in [1.165, 1.54) is 0 Å². The number of ether oxygens (including phenoxy) is 1. The van der Waals surface area contributed by atoms with Crippen molar-refractivity contribution in [3.63, 3.8) is 0 Å². The number of hydrogen-bond acceptors (Lipinski definition) is 3. The highest BCUT2D eigenvalue weighted by Crippen LogP contribution is 2.22. The van der Waals surface area contributed by atoms with Gasteiger partial charge in [-0.05, 0) is 13.0 Å². The molecular weight excluding hydrogens is 171 g/mol. The Bertz CT molecular complexity index is 278. The van der Waals surface area contributed by atoms with Crippen LogP contribution in [0.1, 0.15) is 5.69 Å². The number of aryl methyl sites for hydroxylation is 1. The molecule has 4 heteroatoms. The predicted molar refractivity (Wildman–Crippen MR) is 50.0 cm³/mol. The summed E-state index contributed by atoms with van der Waals surface area (Å²) >= 11 is 0. The zero-order chi connectivity index (χ0) is 9.68. The van der Waals surface area contributed by atoms with Gasteiger partial charge in [-0.1, -0.05) is 0 Å². The van der Waals surface area contributed by atoms with Crippen LogP contribution in [0.25, 0.3) is 0 Å². The molecule has 0 aliphatic carbocycles. The van der Waals surface area contributed by atoms with Crippen molar-refractivity contribution in [2.75, 3.05) is 25.6 Å². The standard InChI is InChI=1S/C9H13FN2O/c1-7-5-8(11-4-3-10)9(13-2)6-12-7/h5-6H,3-4H2,1-2H3,(H,11,12). The van der Waals surface area contributed by atoms with E-state index in [0.29, 0.717) is 12.3 Å². The highest BCUT2D eigenvalue weighted by Gasteiger charge is 2.02. The van der Waals surface area contributed by atoms with Crippen LogP contribution in [-0.2, 0) is 0 Å². The van der Waals surface area contributed by atoms with Crippen LogP contribution in [0.4, 0.5) is 10.1 Å². The monoisotopic (exact) mass is 184 g/mol. The third-order valence-electron chi connectivity index (χ3n) is 1.63. The van der Waals surface area contributed by atoms with Gasteiger partial charge in [0.25, 0.3) is 0 Å². The molecule has 0 spiro atoms. The number of rotatable bonds is 4. The van der Waals surface area contributed by atoms with Gasteiger partial charge < -0.3 is 10.1 Å². The Morgan fingerprint density at radius 3 is 3.00 bits per heavy atom. The van der Waals surface area contributed by atoms with Gasteiger partial charge in [0.05, 0.1) is 19.0 Å². The topological polar surface area (TPSA) is 34.1 Å². The average Bonchev–Trinajstić information content (AvgIpc) is 2.15. The lowest BCUT2D eigenvalue weighted by molar-refractivity contribution is 0.414. The van der Waals surface area contributed by atoms with E-state index in [1.54, 1.807) is 13.3 Å². The number of nitrogens with zero attached hydrogens (tertiary/aromatic N) is 1. The van der Waals surface area contributed by atoms with E-state index in [0.717, 1.165) is 11.4 Å². The smallest absolute Gasteiger partial charge is 0.160 e. The zero-order valence-electron chi connectivity index (χ0n) is 7.80. The van der Waals surface area contributed by atoms with Gasteiger partial charge in [0, 0.05) is 12.2 Å². The Labute approximate surface area is 76.9 Å². The summed E-state index contributed by atoms with van der Waals surface area (Å²) in [5.41, 5.74) is 1.66. The first-order valence-corrected chi connectivity index (χ1v) is 4.08. The zero-order valence-corrected chi connectivity index (χ0v) is 7.80. The first-order valence-electron chi connectivity index (χ1n) is 4.08. The van der Waals surface area contributed by atoms with Crippen LogP contribution in [-0.4, -0.2) is 25.3 Å². The van der Waals surface area contributed by atoms with Crippen molar-refractivity contribution in [1.82, 2.24) is 4.98 Å². The lowest BCUT2D eigenvalue weighted by Gasteiger charge is -2.09. The van der Waals surface area contributed by atoms with Crippen LogP contribution in [0.15, 0.2) is 12.3 Å². The number of aromatic nitrogens is 1. The summed E-state index contributed by atoms with van der Waals surface area (Å²) in [7, 11) is 1.56. The molecule has 0 amide bonds. The van der Waals surface area contributed by atoms with Gasteiger partial charge in [-0.25, -0.2) is 4.39 Å².